The van der Waals surface area contributed by atoms with Crippen molar-refractivity contribution >= 4 is 29.0 Å². The second-order valence-corrected chi connectivity index (χ2v) is 7.48. The van der Waals surface area contributed by atoms with Gasteiger partial charge in [0.25, 0.3) is 0 Å². The van der Waals surface area contributed by atoms with Gasteiger partial charge in [0.05, 0.1) is 30.0 Å². The normalized spacial score (nSPS) is 14.8. The number of aromatic nitrogens is 2. The van der Waals surface area contributed by atoms with Crippen molar-refractivity contribution in [2.75, 3.05) is 23.9 Å². The molecule has 1 aromatic carbocycles. The lowest BCUT2D eigenvalue weighted by Crippen LogP contribution is -2.40. The van der Waals surface area contributed by atoms with E-state index in [1.54, 1.807) is 55.7 Å². The number of nitrogens with zero attached hydrogens (tertiary/aromatic N) is 3. The second kappa shape index (κ2) is 8.58. The number of carbonyl (C=O) groups excluding carboxylic acids is 3. The molecule has 0 unspecified atom stereocenters. The Balaban J connectivity index is 1.69. The summed E-state index contributed by atoms with van der Waals surface area (Å²) in [5.74, 6) is -0.894. The minimum absolute atomic E-state index is 0.0561. The van der Waals surface area contributed by atoms with E-state index >= 15 is 0 Å². The fraction of sp³-hybridized carbons (Fsp3) is 0.208. The van der Waals surface area contributed by atoms with E-state index in [9.17, 15) is 14.4 Å². The molecule has 162 valence electrons. The van der Waals surface area contributed by atoms with Gasteiger partial charge in [-0.1, -0.05) is 6.07 Å². The number of rotatable bonds is 5. The number of carbonyl (C=O) groups is 3. The van der Waals surface area contributed by atoms with Gasteiger partial charge in [0.1, 0.15) is 6.54 Å². The first kappa shape index (κ1) is 21.2. The van der Waals surface area contributed by atoms with Gasteiger partial charge in [-0.3, -0.25) is 19.4 Å². The molecule has 1 N–H and O–H groups in total. The van der Waals surface area contributed by atoms with Crippen LogP contribution in [-0.2, 0) is 9.59 Å². The smallest absolute Gasteiger partial charge is 0.244 e. The molecular weight excluding hydrogens is 408 g/mol. The molecule has 2 amide bonds. The molecule has 0 spiro atoms. The number of ketones is 1. The van der Waals surface area contributed by atoms with Gasteiger partial charge in [-0.2, -0.15) is 0 Å². The van der Waals surface area contributed by atoms with E-state index < -0.39 is 5.92 Å². The Bertz CT molecular complexity index is 1210. The SMILES string of the molecule is COc1nccc2c1-c1cccnc1[C@H](C)C(=O)N2CC(=O)Nc1ccc(C(C)=O)cc1. The standard InChI is InChI=1S/C24H22N4O4/c1-14-22-18(5-4-11-25-22)21-19(10-12-26-23(21)32-3)28(24(14)31)13-20(30)27-17-8-6-16(7-9-17)15(2)29/h4-12,14H,13H2,1-3H3,(H,27,30)/t14-/m0/s1. The Morgan fingerprint density at radius 1 is 1.09 bits per heavy atom. The third kappa shape index (κ3) is 3.82. The number of nitrogens with one attached hydrogen (secondary N) is 1. The van der Waals surface area contributed by atoms with Crippen molar-refractivity contribution < 1.29 is 19.1 Å². The largest absolute Gasteiger partial charge is 0.480 e. The van der Waals surface area contributed by atoms with E-state index in [1.807, 2.05) is 6.07 Å². The number of hydrogen-bond donors (Lipinski definition) is 1. The predicted octanol–water partition coefficient (Wildman–Crippen LogP) is 3.44. The molecule has 1 aliphatic heterocycles. The van der Waals surface area contributed by atoms with Crippen molar-refractivity contribution in [3.05, 3.63) is 66.1 Å². The highest BCUT2D eigenvalue weighted by atomic mass is 16.5. The van der Waals surface area contributed by atoms with E-state index in [0.717, 1.165) is 5.56 Å². The minimum atomic E-state index is -0.564. The number of Topliss-reactive ketones (excluding diaryl/α,β-unsaturated/α-hetero) is 1. The number of amides is 2. The number of pyridine rings is 2. The van der Waals surface area contributed by atoms with Crippen LogP contribution in [0.1, 0.15) is 35.8 Å². The van der Waals surface area contributed by atoms with Gasteiger partial charge in [0, 0.05) is 29.2 Å². The van der Waals surface area contributed by atoms with Crippen LogP contribution in [0.2, 0.25) is 0 Å². The van der Waals surface area contributed by atoms with Crippen LogP contribution < -0.4 is 15.0 Å². The summed E-state index contributed by atoms with van der Waals surface area (Å²) in [6.07, 6.45) is 3.18. The Kier molecular flexibility index (Phi) is 5.68. The van der Waals surface area contributed by atoms with E-state index in [2.05, 4.69) is 15.3 Å². The number of anilines is 2. The first-order valence-electron chi connectivity index (χ1n) is 10.1. The van der Waals surface area contributed by atoms with Crippen LogP contribution >= 0.6 is 0 Å². The zero-order chi connectivity index (χ0) is 22.8. The van der Waals surface area contributed by atoms with E-state index in [1.165, 1.54) is 18.9 Å². The fourth-order valence-corrected chi connectivity index (χ4v) is 3.80. The lowest BCUT2D eigenvalue weighted by atomic mass is 9.98. The van der Waals surface area contributed by atoms with E-state index in [-0.39, 0.29) is 24.1 Å². The van der Waals surface area contributed by atoms with Gasteiger partial charge < -0.3 is 15.0 Å². The summed E-state index contributed by atoms with van der Waals surface area (Å²) in [6.45, 7) is 3.05. The Morgan fingerprint density at radius 2 is 1.84 bits per heavy atom. The summed E-state index contributed by atoms with van der Waals surface area (Å²) < 4.78 is 5.47. The summed E-state index contributed by atoms with van der Waals surface area (Å²) in [5.41, 5.74) is 3.59. The van der Waals surface area contributed by atoms with Gasteiger partial charge >= 0.3 is 0 Å². The summed E-state index contributed by atoms with van der Waals surface area (Å²) in [7, 11) is 1.51. The molecule has 1 aliphatic rings. The number of methoxy groups -OCH3 is 1. The van der Waals surface area contributed by atoms with Gasteiger partial charge in [0.2, 0.25) is 17.7 Å². The highest BCUT2D eigenvalue weighted by molar-refractivity contribution is 6.09. The van der Waals surface area contributed by atoms with E-state index in [4.69, 9.17) is 4.74 Å². The Labute approximate surface area is 185 Å². The van der Waals surface area contributed by atoms with Crippen molar-refractivity contribution in [1.82, 2.24) is 9.97 Å². The van der Waals surface area contributed by atoms with Gasteiger partial charge in [-0.15, -0.1) is 0 Å². The quantitative estimate of drug-likeness (QED) is 0.622. The maximum absolute atomic E-state index is 13.4. The average Bonchev–Trinajstić information content (AvgIpc) is 2.89. The third-order valence-electron chi connectivity index (χ3n) is 5.41. The van der Waals surface area contributed by atoms with Crippen LogP contribution in [0.5, 0.6) is 5.88 Å². The molecule has 0 bridgehead atoms. The molecule has 3 aromatic rings. The van der Waals surface area contributed by atoms with Gasteiger partial charge in [-0.05, 0) is 50.2 Å². The highest BCUT2D eigenvalue weighted by Crippen LogP contribution is 2.43. The van der Waals surface area contributed by atoms with Crippen molar-refractivity contribution in [2.24, 2.45) is 0 Å². The predicted molar refractivity (Wildman–Crippen MR) is 120 cm³/mol. The van der Waals surface area contributed by atoms with E-state index in [0.29, 0.717) is 34.1 Å². The fourth-order valence-electron chi connectivity index (χ4n) is 3.80. The monoisotopic (exact) mass is 430 g/mol. The zero-order valence-electron chi connectivity index (χ0n) is 18.0. The van der Waals surface area contributed by atoms with Crippen molar-refractivity contribution in [2.45, 2.75) is 19.8 Å². The topological polar surface area (TPSA) is 101 Å². The van der Waals surface area contributed by atoms with Crippen LogP contribution in [0.15, 0.2) is 54.9 Å². The number of benzene rings is 1. The zero-order valence-corrected chi connectivity index (χ0v) is 18.0. The van der Waals surface area contributed by atoms with Gasteiger partial charge in [-0.25, -0.2) is 4.98 Å². The lowest BCUT2D eigenvalue weighted by Gasteiger charge is -2.24. The molecule has 32 heavy (non-hydrogen) atoms. The summed E-state index contributed by atoms with van der Waals surface area (Å²) in [4.78, 5) is 47.9. The molecule has 2 aromatic heterocycles. The molecular formula is C24H22N4O4. The Morgan fingerprint density at radius 3 is 2.53 bits per heavy atom. The average molecular weight is 430 g/mol. The number of ether oxygens (including phenoxy) is 1. The molecule has 1 atom stereocenters. The van der Waals surface area contributed by atoms with Crippen LogP contribution in [0.25, 0.3) is 11.1 Å². The van der Waals surface area contributed by atoms with Crippen LogP contribution in [0, 0.1) is 0 Å². The molecule has 0 fully saturated rings. The van der Waals surface area contributed by atoms with Crippen molar-refractivity contribution in [3.63, 3.8) is 0 Å². The Hall–Kier alpha value is -4.07. The van der Waals surface area contributed by atoms with Crippen molar-refractivity contribution in [1.29, 1.82) is 0 Å². The lowest BCUT2D eigenvalue weighted by molar-refractivity contribution is -0.122. The van der Waals surface area contributed by atoms with Gasteiger partial charge in [0.15, 0.2) is 5.78 Å². The first-order chi connectivity index (χ1) is 15.4. The van der Waals surface area contributed by atoms with Crippen LogP contribution in [0.4, 0.5) is 11.4 Å². The number of fused-ring (bicyclic) bond motifs is 3. The summed E-state index contributed by atoms with van der Waals surface area (Å²) in [6, 6.07) is 12.0. The number of hydrogen-bond acceptors (Lipinski definition) is 6. The molecule has 0 aliphatic carbocycles. The maximum Gasteiger partial charge on any atom is 0.244 e. The second-order valence-electron chi connectivity index (χ2n) is 7.48. The molecule has 3 heterocycles. The van der Waals surface area contributed by atoms with Crippen LogP contribution in [-0.4, -0.2) is 41.2 Å². The third-order valence-corrected chi connectivity index (χ3v) is 5.41. The molecule has 4 rings (SSSR count). The minimum Gasteiger partial charge on any atom is -0.480 e. The first-order valence-corrected chi connectivity index (χ1v) is 10.1. The maximum atomic E-state index is 13.4. The molecule has 8 nitrogen and oxygen atoms in total. The van der Waals surface area contributed by atoms with Crippen molar-refractivity contribution in [3.8, 4) is 17.0 Å². The highest BCUT2D eigenvalue weighted by Gasteiger charge is 2.35. The summed E-state index contributed by atoms with van der Waals surface area (Å²) >= 11 is 0. The molecule has 0 radical (unpaired) electrons. The molecule has 0 saturated carbocycles. The molecule has 8 heteroatoms. The molecule has 0 saturated heterocycles. The summed E-state index contributed by atoms with van der Waals surface area (Å²) in [5, 5.41) is 2.79. The van der Waals surface area contributed by atoms with Crippen LogP contribution in [0.3, 0.4) is 0 Å².